The summed E-state index contributed by atoms with van der Waals surface area (Å²) >= 11 is 3.34. The van der Waals surface area contributed by atoms with Crippen molar-refractivity contribution in [3.63, 3.8) is 0 Å². The highest BCUT2D eigenvalue weighted by atomic mass is 79.9. The number of nitrogens with two attached hydrogens (primary N) is 1. The molecule has 22 heavy (non-hydrogen) atoms. The Labute approximate surface area is 135 Å². The number of rotatable bonds is 4. The van der Waals surface area contributed by atoms with Gasteiger partial charge in [0.2, 0.25) is 5.82 Å². The van der Waals surface area contributed by atoms with Gasteiger partial charge in [0.25, 0.3) is 5.89 Å². The molecule has 0 saturated heterocycles. The molecule has 3 rings (SSSR count). The summed E-state index contributed by atoms with van der Waals surface area (Å²) in [6.07, 6.45) is 1.68. The molecule has 0 amide bonds. The molecule has 0 atom stereocenters. The molecule has 0 aliphatic carbocycles. The summed E-state index contributed by atoms with van der Waals surface area (Å²) in [6.45, 7) is 0.404. The summed E-state index contributed by atoms with van der Waals surface area (Å²) in [4.78, 5) is 8.61. The van der Waals surface area contributed by atoms with Crippen molar-refractivity contribution in [2.24, 2.45) is 5.73 Å². The van der Waals surface area contributed by atoms with Gasteiger partial charge in [-0.05, 0) is 40.2 Å². The van der Waals surface area contributed by atoms with Crippen molar-refractivity contribution in [1.82, 2.24) is 15.1 Å². The molecule has 7 heteroatoms. The van der Waals surface area contributed by atoms with Crippen LogP contribution in [0.2, 0.25) is 0 Å². The zero-order valence-electron chi connectivity index (χ0n) is 11.8. The van der Waals surface area contributed by atoms with Gasteiger partial charge in [-0.3, -0.25) is 4.98 Å². The second-order valence-electron chi connectivity index (χ2n) is 4.52. The Hall–Kier alpha value is -2.25. The van der Waals surface area contributed by atoms with Gasteiger partial charge >= 0.3 is 0 Å². The third-order valence-corrected chi connectivity index (χ3v) is 3.61. The van der Waals surface area contributed by atoms with Crippen LogP contribution in [-0.2, 0) is 6.54 Å². The third kappa shape index (κ3) is 2.86. The van der Waals surface area contributed by atoms with E-state index in [1.165, 1.54) is 0 Å². The van der Waals surface area contributed by atoms with Crippen LogP contribution in [0.15, 0.2) is 45.5 Å². The quantitative estimate of drug-likeness (QED) is 0.769. The Bertz CT molecular complexity index is 786. The minimum atomic E-state index is 0.404. The highest BCUT2D eigenvalue weighted by Gasteiger charge is 2.13. The van der Waals surface area contributed by atoms with Crippen molar-refractivity contribution < 1.29 is 9.26 Å². The minimum absolute atomic E-state index is 0.404. The fourth-order valence-electron chi connectivity index (χ4n) is 2.00. The van der Waals surface area contributed by atoms with E-state index in [1.54, 1.807) is 13.3 Å². The number of ether oxygens (including phenoxy) is 1. The first-order chi connectivity index (χ1) is 10.7. The lowest BCUT2D eigenvalue weighted by molar-refractivity contribution is 0.408. The molecule has 0 spiro atoms. The lowest BCUT2D eigenvalue weighted by Gasteiger charge is -2.06. The van der Waals surface area contributed by atoms with Gasteiger partial charge in [-0.25, -0.2) is 0 Å². The van der Waals surface area contributed by atoms with E-state index in [0.717, 1.165) is 15.6 Å². The van der Waals surface area contributed by atoms with Crippen molar-refractivity contribution in [1.29, 1.82) is 0 Å². The predicted molar refractivity (Wildman–Crippen MR) is 85.1 cm³/mol. The molecule has 112 valence electrons. The van der Waals surface area contributed by atoms with Crippen LogP contribution in [0.3, 0.4) is 0 Å². The summed E-state index contributed by atoms with van der Waals surface area (Å²) in [5.41, 5.74) is 7.99. The molecule has 1 aromatic carbocycles. The van der Waals surface area contributed by atoms with Crippen LogP contribution in [-0.4, -0.2) is 22.2 Å². The van der Waals surface area contributed by atoms with E-state index in [-0.39, 0.29) is 0 Å². The molecule has 0 unspecified atom stereocenters. The molecule has 2 aromatic heterocycles. The first-order valence-corrected chi connectivity index (χ1v) is 7.33. The van der Waals surface area contributed by atoms with Gasteiger partial charge in [0.15, 0.2) is 0 Å². The molecular formula is C15H13BrN4O2. The SMILES string of the molecule is COc1cc(-c2nc(-c3ccc(Br)cn3)no2)ccc1CN. The molecule has 3 aromatic rings. The number of halogens is 1. The van der Waals surface area contributed by atoms with Crippen molar-refractivity contribution >= 4 is 15.9 Å². The van der Waals surface area contributed by atoms with Gasteiger partial charge in [0.1, 0.15) is 11.4 Å². The van der Waals surface area contributed by atoms with Gasteiger partial charge in [-0.15, -0.1) is 0 Å². The fourth-order valence-corrected chi connectivity index (χ4v) is 2.23. The smallest absolute Gasteiger partial charge is 0.258 e. The van der Waals surface area contributed by atoms with E-state index in [4.69, 9.17) is 15.0 Å². The minimum Gasteiger partial charge on any atom is -0.496 e. The number of benzene rings is 1. The second kappa shape index (κ2) is 6.25. The van der Waals surface area contributed by atoms with Crippen LogP contribution in [0.1, 0.15) is 5.56 Å². The summed E-state index contributed by atoms with van der Waals surface area (Å²) < 4.78 is 11.5. The topological polar surface area (TPSA) is 87.1 Å². The number of nitrogens with zero attached hydrogens (tertiary/aromatic N) is 3. The third-order valence-electron chi connectivity index (χ3n) is 3.14. The van der Waals surface area contributed by atoms with E-state index in [0.29, 0.717) is 29.7 Å². The maximum Gasteiger partial charge on any atom is 0.258 e. The molecular weight excluding hydrogens is 348 g/mol. The van der Waals surface area contributed by atoms with Crippen LogP contribution in [0, 0.1) is 0 Å². The summed E-state index contributed by atoms with van der Waals surface area (Å²) in [6, 6.07) is 9.27. The van der Waals surface area contributed by atoms with Crippen molar-refractivity contribution in [2.45, 2.75) is 6.54 Å². The van der Waals surface area contributed by atoms with Gasteiger partial charge in [-0.2, -0.15) is 4.98 Å². The Morgan fingerprint density at radius 2 is 2.14 bits per heavy atom. The zero-order chi connectivity index (χ0) is 15.5. The van der Waals surface area contributed by atoms with Gasteiger partial charge in [0, 0.05) is 28.3 Å². The Balaban J connectivity index is 1.95. The fraction of sp³-hybridized carbons (Fsp3) is 0.133. The number of hydrogen-bond donors (Lipinski definition) is 1. The standard InChI is InChI=1S/C15H13BrN4O2/c1-21-13-6-9(2-3-10(13)7-17)15-19-14(20-22-15)12-5-4-11(16)8-18-12/h2-6,8H,7,17H2,1H3. The first kappa shape index (κ1) is 14.7. The lowest BCUT2D eigenvalue weighted by atomic mass is 10.1. The van der Waals surface area contributed by atoms with Gasteiger partial charge in [-0.1, -0.05) is 11.2 Å². The largest absolute Gasteiger partial charge is 0.496 e. The van der Waals surface area contributed by atoms with E-state index in [1.807, 2.05) is 30.3 Å². The van der Waals surface area contributed by atoms with Crippen molar-refractivity contribution in [2.75, 3.05) is 7.11 Å². The van der Waals surface area contributed by atoms with Gasteiger partial charge < -0.3 is 15.0 Å². The maximum absolute atomic E-state index is 5.66. The van der Waals surface area contributed by atoms with Crippen LogP contribution in [0.4, 0.5) is 0 Å². The molecule has 0 aliphatic rings. The van der Waals surface area contributed by atoms with Crippen LogP contribution in [0.25, 0.3) is 23.0 Å². The maximum atomic E-state index is 5.66. The average Bonchev–Trinajstić information content (AvgIpc) is 3.05. The Morgan fingerprint density at radius 3 is 2.82 bits per heavy atom. The first-order valence-electron chi connectivity index (χ1n) is 6.54. The molecule has 6 nitrogen and oxygen atoms in total. The van der Waals surface area contributed by atoms with E-state index < -0.39 is 0 Å². The molecule has 2 N–H and O–H groups in total. The van der Waals surface area contributed by atoms with Crippen molar-refractivity contribution in [3.05, 3.63) is 46.6 Å². The molecule has 2 heterocycles. The summed E-state index contributed by atoms with van der Waals surface area (Å²) in [5, 5.41) is 3.96. The number of aromatic nitrogens is 3. The predicted octanol–water partition coefficient (Wildman–Crippen LogP) is 3.03. The number of hydrogen-bond acceptors (Lipinski definition) is 6. The summed E-state index contributed by atoms with van der Waals surface area (Å²) in [5.74, 6) is 1.53. The van der Waals surface area contributed by atoms with Crippen LogP contribution >= 0.6 is 15.9 Å². The lowest BCUT2D eigenvalue weighted by Crippen LogP contribution is -1.99. The summed E-state index contributed by atoms with van der Waals surface area (Å²) in [7, 11) is 1.60. The highest BCUT2D eigenvalue weighted by molar-refractivity contribution is 9.10. The number of methoxy groups -OCH3 is 1. The highest BCUT2D eigenvalue weighted by Crippen LogP contribution is 2.27. The van der Waals surface area contributed by atoms with Gasteiger partial charge in [0.05, 0.1) is 7.11 Å². The van der Waals surface area contributed by atoms with E-state index in [2.05, 4.69) is 31.1 Å². The zero-order valence-corrected chi connectivity index (χ0v) is 13.4. The number of pyridine rings is 1. The molecule has 0 radical (unpaired) electrons. The van der Waals surface area contributed by atoms with E-state index >= 15 is 0 Å². The second-order valence-corrected chi connectivity index (χ2v) is 5.43. The van der Waals surface area contributed by atoms with Crippen molar-refractivity contribution in [3.8, 4) is 28.7 Å². The molecule has 0 saturated carbocycles. The monoisotopic (exact) mass is 360 g/mol. The van der Waals surface area contributed by atoms with Crippen LogP contribution < -0.4 is 10.5 Å². The Morgan fingerprint density at radius 1 is 1.27 bits per heavy atom. The molecule has 0 aliphatic heterocycles. The molecule has 0 bridgehead atoms. The molecule has 0 fully saturated rings. The van der Waals surface area contributed by atoms with Crippen LogP contribution in [0.5, 0.6) is 5.75 Å². The van der Waals surface area contributed by atoms with E-state index in [9.17, 15) is 0 Å². The average molecular weight is 361 g/mol. The normalized spacial score (nSPS) is 10.7. The Kier molecular flexibility index (Phi) is 4.17.